The summed E-state index contributed by atoms with van der Waals surface area (Å²) >= 11 is 0. The van der Waals surface area contributed by atoms with Crippen molar-refractivity contribution in [1.29, 1.82) is 0 Å². The number of amides is 2. The molecule has 11 heteroatoms. The quantitative estimate of drug-likeness (QED) is 0.428. The first-order chi connectivity index (χ1) is 15.6. The molecule has 5 rings (SSSR count). The monoisotopic (exact) mass is 452 g/mol. The summed E-state index contributed by atoms with van der Waals surface area (Å²) in [5.41, 5.74) is 0.989. The third-order valence-electron chi connectivity index (χ3n) is 5.31. The maximum absolute atomic E-state index is 13.3. The van der Waals surface area contributed by atoms with Crippen LogP contribution in [0.4, 0.5) is 18.9 Å². The number of hydrogen-bond acceptors (Lipinski definition) is 6. The number of carbonyl (C=O) groups is 2. The number of hydrogen-bond donors (Lipinski definition) is 0. The molecule has 1 aliphatic heterocycles. The highest BCUT2D eigenvalue weighted by Gasteiger charge is 2.41. The van der Waals surface area contributed by atoms with Gasteiger partial charge in [0, 0.05) is 17.6 Å². The molecule has 3 aromatic heterocycles. The predicted molar refractivity (Wildman–Crippen MR) is 111 cm³/mol. The van der Waals surface area contributed by atoms with E-state index in [9.17, 15) is 22.8 Å². The van der Waals surface area contributed by atoms with Crippen LogP contribution in [0.1, 0.15) is 43.4 Å². The minimum atomic E-state index is -4.62. The first-order valence-corrected chi connectivity index (χ1v) is 9.83. The molecule has 0 fully saturated rings. The second-order valence-electron chi connectivity index (χ2n) is 7.69. The van der Waals surface area contributed by atoms with Crippen molar-refractivity contribution in [3.05, 3.63) is 70.3 Å². The molecular formula is C22H15F3N6O2. The largest absolute Gasteiger partial charge is 0.416 e. The Kier molecular flexibility index (Phi) is 4.35. The first-order valence-electron chi connectivity index (χ1n) is 9.83. The molecule has 8 nitrogen and oxygen atoms in total. The fraction of sp³-hybridized carbons (Fsp3) is 0.182. The molecule has 4 aromatic rings. The van der Waals surface area contributed by atoms with E-state index in [1.165, 1.54) is 16.9 Å². The molecule has 0 saturated carbocycles. The van der Waals surface area contributed by atoms with Gasteiger partial charge in [0.1, 0.15) is 0 Å². The molecule has 0 radical (unpaired) electrons. The van der Waals surface area contributed by atoms with E-state index in [-0.39, 0.29) is 28.4 Å². The zero-order valence-corrected chi connectivity index (χ0v) is 17.6. The molecule has 0 bridgehead atoms. The Hall–Kier alpha value is -4.15. The van der Waals surface area contributed by atoms with E-state index in [1.807, 2.05) is 0 Å². The van der Waals surface area contributed by atoms with Gasteiger partial charge < -0.3 is 0 Å². The van der Waals surface area contributed by atoms with Gasteiger partial charge in [-0.15, -0.1) is 0 Å². The Labute approximate surface area is 184 Å². The predicted octanol–water partition coefficient (Wildman–Crippen LogP) is 3.96. The van der Waals surface area contributed by atoms with E-state index < -0.39 is 23.6 Å². The molecule has 166 valence electrons. The zero-order valence-electron chi connectivity index (χ0n) is 17.6. The van der Waals surface area contributed by atoms with Crippen molar-refractivity contribution in [1.82, 2.24) is 24.7 Å². The van der Waals surface area contributed by atoms with E-state index in [0.717, 1.165) is 23.1 Å². The number of halogens is 3. The molecule has 2 amide bonds. The lowest BCUT2D eigenvalue weighted by Gasteiger charge is -2.16. The molecule has 0 saturated heterocycles. The molecule has 0 unspecified atom stereocenters. The number of pyridine rings is 1. The Morgan fingerprint density at radius 2 is 1.64 bits per heavy atom. The Morgan fingerprint density at radius 3 is 2.30 bits per heavy atom. The van der Waals surface area contributed by atoms with E-state index >= 15 is 0 Å². The Morgan fingerprint density at radius 1 is 0.939 bits per heavy atom. The standard InChI is InChI=1S/C22H15F3N6O2/c1-10-7-11(2)28-21(27-10)31-18-16(12(3)29-31)17-15(9-26-18)19(32)30(20(17)33)14-6-4-5-13(8-14)22(23,24)25/h4-9H,1-3H3. The van der Waals surface area contributed by atoms with Crippen LogP contribution in [0.3, 0.4) is 0 Å². The molecule has 0 aliphatic carbocycles. The van der Waals surface area contributed by atoms with Gasteiger partial charge in [-0.05, 0) is 45.0 Å². The SMILES string of the molecule is Cc1cc(C)nc(-n2nc(C)c3c4c(cnc32)C(=O)N(c2cccc(C(F)(F)F)c2)C4=O)n1. The Bertz CT molecular complexity index is 1470. The molecule has 4 heterocycles. The van der Waals surface area contributed by atoms with Crippen molar-refractivity contribution in [2.75, 3.05) is 4.90 Å². The number of fused-ring (bicyclic) bond motifs is 3. The van der Waals surface area contributed by atoms with E-state index in [2.05, 4.69) is 20.1 Å². The van der Waals surface area contributed by atoms with Crippen LogP contribution in [-0.2, 0) is 6.18 Å². The fourth-order valence-electron chi connectivity index (χ4n) is 3.96. The molecule has 0 spiro atoms. The van der Waals surface area contributed by atoms with E-state index in [0.29, 0.717) is 22.5 Å². The second-order valence-corrected chi connectivity index (χ2v) is 7.69. The summed E-state index contributed by atoms with van der Waals surface area (Å²) in [7, 11) is 0. The van der Waals surface area contributed by atoms with Crippen LogP contribution >= 0.6 is 0 Å². The molecule has 1 aromatic carbocycles. The minimum Gasteiger partial charge on any atom is -0.268 e. The molecule has 33 heavy (non-hydrogen) atoms. The number of anilines is 1. The third-order valence-corrected chi connectivity index (χ3v) is 5.31. The first kappa shape index (κ1) is 20.7. The lowest BCUT2D eigenvalue weighted by Crippen LogP contribution is -2.29. The maximum Gasteiger partial charge on any atom is 0.416 e. The number of imide groups is 1. The molecule has 1 aliphatic rings. The highest BCUT2D eigenvalue weighted by molar-refractivity contribution is 6.37. The zero-order chi connectivity index (χ0) is 23.7. The third kappa shape index (κ3) is 3.15. The summed E-state index contributed by atoms with van der Waals surface area (Å²) in [5.74, 6) is -1.24. The van der Waals surface area contributed by atoms with Crippen molar-refractivity contribution in [3.8, 4) is 5.95 Å². The van der Waals surface area contributed by atoms with Gasteiger partial charge in [-0.2, -0.15) is 23.0 Å². The highest BCUT2D eigenvalue weighted by Crippen LogP contribution is 2.37. The van der Waals surface area contributed by atoms with Crippen LogP contribution in [0.15, 0.2) is 36.5 Å². The molecule has 0 atom stereocenters. The van der Waals surface area contributed by atoms with Gasteiger partial charge in [-0.1, -0.05) is 6.07 Å². The van der Waals surface area contributed by atoms with Gasteiger partial charge in [0.25, 0.3) is 17.8 Å². The summed E-state index contributed by atoms with van der Waals surface area (Å²) in [5, 5.41) is 4.74. The summed E-state index contributed by atoms with van der Waals surface area (Å²) < 4.78 is 40.9. The number of carbonyl (C=O) groups excluding carboxylic acids is 2. The van der Waals surface area contributed by atoms with Crippen molar-refractivity contribution in [2.45, 2.75) is 26.9 Å². The maximum atomic E-state index is 13.3. The van der Waals surface area contributed by atoms with Crippen LogP contribution in [-0.4, -0.2) is 36.5 Å². The Balaban J connectivity index is 1.68. The number of rotatable bonds is 2. The smallest absolute Gasteiger partial charge is 0.268 e. The molecule has 0 N–H and O–H groups in total. The average Bonchev–Trinajstić information content (AvgIpc) is 3.21. The van der Waals surface area contributed by atoms with E-state index in [4.69, 9.17) is 0 Å². The minimum absolute atomic E-state index is 0.00565. The topological polar surface area (TPSA) is 93.9 Å². The fourth-order valence-corrected chi connectivity index (χ4v) is 3.96. The van der Waals surface area contributed by atoms with Crippen LogP contribution in [0.2, 0.25) is 0 Å². The van der Waals surface area contributed by atoms with Gasteiger partial charge >= 0.3 is 6.18 Å². The van der Waals surface area contributed by atoms with Crippen LogP contribution in [0.5, 0.6) is 0 Å². The lowest BCUT2D eigenvalue weighted by molar-refractivity contribution is -0.137. The number of nitrogens with zero attached hydrogens (tertiary/aromatic N) is 6. The number of aromatic nitrogens is 5. The van der Waals surface area contributed by atoms with Gasteiger partial charge in [0.2, 0.25) is 0 Å². The van der Waals surface area contributed by atoms with Gasteiger partial charge in [0.05, 0.1) is 33.5 Å². The number of aryl methyl sites for hydroxylation is 3. The molecular weight excluding hydrogens is 437 g/mol. The van der Waals surface area contributed by atoms with Crippen molar-refractivity contribution in [2.24, 2.45) is 0 Å². The summed E-state index contributed by atoms with van der Waals surface area (Å²) in [6.45, 7) is 5.25. The number of benzene rings is 1. The number of alkyl halides is 3. The van der Waals surface area contributed by atoms with E-state index in [1.54, 1.807) is 26.8 Å². The van der Waals surface area contributed by atoms with Crippen LogP contribution in [0.25, 0.3) is 17.0 Å². The van der Waals surface area contributed by atoms with Crippen LogP contribution < -0.4 is 4.90 Å². The van der Waals surface area contributed by atoms with Gasteiger partial charge in [0.15, 0.2) is 5.65 Å². The van der Waals surface area contributed by atoms with Crippen molar-refractivity contribution < 1.29 is 22.8 Å². The van der Waals surface area contributed by atoms with Gasteiger partial charge in [-0.3, -0.25) is 9.59 Å². The van der Waals surface area contributed by atoms with Crippen molar-refractivity contribution >= 4 is 28.5 Å². The average molecular weight is 452 g/mol. The highest BCUT2D eigenvalue weighted by atomic mass is 19.4. The summed E-state index contributed by atoms with van der Waals surface area (Å²) in [6, 6.07) is 5.87. The van der Waals surface area contributed by atoms with Gasteiger partial charge in [-0.25, -0.2) is 19.9 Å². The normalized spacial score (nSPS) is 13.8. The second kappa shape index (κ2) is 6.92. The lowest BCUT2D eigenvalue weighted by atomic mass is 10.1. The van der Waals surface area contributed by atoms with Crippen LogP contribution in [0, 0.1) is 20.8 Å². The van der Waals surface area contributed by atoms with Crippen molar-refractivity contribution in [3.63, 3.8) is 0 Å². The summed E-state index contributed by atoms with van der Waals surface area (Å²) in [4.78, 5) is 40.1. The summed E-state index contributed by atoms with van der Waals surface area (Å²) in [6.07, 6.45) is -3.39.